The van der Waals surface area contributed by atoms with Crippen molar-refractivity contribution >= 4 is 17.5 Å². The minimum atomic E-state index is -0.0501. The fourth-order valence-corrected chi connectivity index (χ4v) is 2.97. The summed E-state index contributed by atoms with van der Waals surface area (Å²) in [6.45, 7) is 2.19. The normalized spacial score (nSPS) is 16.7. The largest absolute Gasteiger partial charge is 0.349 e. The molecule has 2 aromatic rings. The molecule has 2 amide bonds. The zero-order chi connectivity index (χ0) is 16.2. The molecule has 0 spiro atoms. The fraction of sp³-hybridized carbons (Fsp3) is 0.353. The van der Waals surface area contributed by atoms with Crippen molar-refractivity contribution in [3.63, 3.8) is 0 Å². The van der Waals surface area contributed by atoms with Gasteiger partial charge >= 0.3 is 0 Å². The average molecular weight is 312 g/mol. The number of benzene rings is 1. The first-order chi connectivity index (χ1) is 11.1. The first kappa shape index (κ1) is 15.3. The molecule has 2 heterocycles. The molecular formula is C17H20N4O2. The van der Waals surface area contributed by atoms with E-state index in [1.165, 1.54) is 0 Å². The number of H-pyrrole nitrogens is 1. The van der Waals surface area contributed by atoms with Gasteiger partial charge in [-0.15, -0.1) is 0 Å². The number of hydrogen-bond donors (Lipinski definition) is 2. The van der Waals surface area contributed by atoms with Gasteiger partial charge in [-0.05, 0) is 18.1 Å². The lowest BCUT2D eigenvalue weighted by Crippen LogP contribution is -2.40. The number of rotatable bonds is 4. The molecule has 1 aromatic heterocycles. The third-order valence-electron chi connectivity index (χ3n) is 4.10. The summed E-state index contributed by atoms with van der Waals surface area (Å²) in [6.07, 6.45) is 5.14. The highest BCUT2D eigenvalue weighted by molar-refractivity contribution is 5.93. The van der Waals surface area contributed by atoms with Crippen LogP contribution in [0.2, 0.25) is 0 Å². The Morgan fingerprint density at radius 2 is 2.22 bits per heavy atom. The number of carbonyl (C=O) groups excluding carboxylic acids is 2. The van der Waals surface area contributed by atoms with Crippen LogP contribution in [0.4, 0.5) is 5.69 Å². The monoisotopic (exact) mass is 312 g/mol. The van der Waals surface area contributed by atoms with Crippen LogP contribution in [-0.2, 0) is 16.0 Å². The molecule has 0 saturated heterocycles. The van der Waals surface area contributed by atoms with E-state index in [0.29, 0.717) is 19.4 Å². The van der Waals surface area contributed by atoms with Gasteiger partial charge in [0.25, 0.3) is 0 Å². The summed E-state index contributed by atoms with van der Waals surface area (Å²) in [5.41, 5.74) is 1.89. The van der Waals surface area contributed by atoms with Gasteiger partial charge in [0.05, 0.1) is 6.04 Å². The van der Waals surface area contributed by atoms with Gasteiger partial charge in [-0.3, -0.25) is 9.59 Å². The lowest BCUT2D eigenvalue weighted by molar-refractivity contribution is -0.121. The lowest BCUT2D eigenvalue weighted by atomic mass is 9.96. The highest BCUT2D eigenvalue weighted by Crippen LogP contribution is 2.33. The third kappa shape index (κ3) is 3.41. The highest BCUT2D eigenvalue weighted by atomic mass is 16.2. The molecule has 2 N–H and O–H groups in total. The van der Waals surface area contributed by atoms with E-state index in [0.717, 1.165) is 23.5 Å². The Labute approximate surface area is 134 Å². The van der Waals surface area contributed by atoms with Gasteiger partial charge in [-0.25, -0.2) is 4.98 Å². The average Bonchev–Trinajstić information content (AvgIpc) is 3.06. The molecule has 1 atom stereocenters. The number of aromatic amines is 1. The van der Waals surface area contributed by atoms with Crippen molar-refractivity contribution in [3.05, 3.63) is 48.0 Å². The first-order valence-electron chi connectivity index (χ1n) is 7.80. The van der Waals surface area contributed by atoms with E-state index in [9.17, 15) is 9.59 Å². The molecule has 0 aliphatic carbocycles. The van der Waals surface area contributed by atoms with Crippen LogP contribution in [0.5, 0.6) is 0 Å². The standard InChI is InChI=1S/C17H20N4O2/c1-12(22)21-11-8-14(13-4-2-3-5-15(13)21)20-17(23)7-6-16-18-9-10-19-16/h2-5,9-10,14H,6-8,11H2,1H3,(H,18,19)(H,20,23). The van der Waals surface area contributed by atoms with Crippen LogP contribution >= 0.6 is 0 Å². The molecule has 6 heteroatoms. The van der Waals surface area contributed by atoms with E-state index in [1.54, 1.807) is 24.2 Å². The molecule has 1 aliphatic rings. The molecule has 6 nitrogen and oxygen atoms in total. The van der Waals surface area contributed by atoms with Gasteiger partial charge in [-0.1, -0.05) is 18.2 Å². The Hall–Kier alpha value is -2.63. The number of nitrogens with zero attached hydrogens (tertiary/aromatic N) is 2. The maximum Gasteiger partial charge on any atom is 0.223 e. The van der Waals surface area contributed by atoms with Crippen LogP contribution in [-0.4, -0.2) is 28.3 Å². The summed E-state index contributed by atoms with van der Waals surface area (Å²) in [5, 5.41) is 3.08. The number of fused-ring (bicyclic) bond motifs is 1. The van der Waals surface area contributed by atoms with Gasteiger partial charge in [0.15, 0.2) is 0 Å². The van der Waals surface area contributed by atoms with Gasteiger partial charge in [-0.2, -0.15) is 0 Å². The maximum atomic E-state index is 12.2. The molecule has 0 fully saturated rings. The molecule has 3 rings (SSSR count). The van der Waals surface area contributed by atoms with Crippen molar-refractivity contribution in [3.8, 4) is 0 Å². The number of hydrogen-bond acceptors (Lipinski definition) is 3. The van der Waals surface area contributed by atoms with Crippen LogP contribution in [0, 0.1) is 0 Å². The van der Waals surface area contributed by atoms with Crippen LogP contribution in [0.15, 0.2) is 36.7 Å². The molecule has 0 bridgehead atoms. The minimum Gasteiger partial charge on any atom is -0.349 e. The molecule has 1 aromatic carbocycles. The maximum absolute atomic E-state index is 12.2. The van der Waals surface area contributed by atoms with Crippen molar-refractivity contribution in [2.75, 3.05) is 11.4 Å². The van der Waals surface area contributed by atoms with Crippen LogP contribution < -0.4 is 10.2 Å². The highest BCUT2D eigenvalue weighted by Gasteiger charge is 2.27. The zero-order valence-electron chi connectivity index (χ0n) is 13.1. The number of anilines is 1. The van der Waals surface area contributed by atoms with Crippen LogP contribution in [0.3, 0.4) is 0 Å². The number of aryl methyl sites for hydroxylation is 1. The Bertz CT molecular complexity index is 696. The third-order valence-corrected chi connectivity index (χ3v) is 4.10. The summed E-state index contributed by atoms with van der Waals surface area (Å²) in [6, 6.07) is 7.70. The van der Waals surface area contributed by atoms with E-state index < -0.39 is 0 Å². The second kappa shape index (κ2) is 6.64. The lowest BCUT2D eigenvalue weighted by Gasteiger charge is -2.34. The number of nitrogens with one attached hydrogen (secondary N) is 2. The van der Waals surface area contributed by atoms with Crippen molar-refractivity contribution in [1.29, 1.82) is 0 Å². The van der Waals surface area contributed by atoms with Crippen molar-refractivity contribution in [2.24, 2.45) is 0 Å². The zero-order valence-corrected chi connectivity index (χ0v) is 13.1. The predicted molar refractivity (Wildman–Crippen MR) is 86.9 cm³/mol. The number of amides is 2. The van der Waals surface area contributed by atoms with Gasteiger partial charge in [0.1, 0.15) is 5.82 Å². The van der Waals surface area contributed by atoms with Crippen LogP contribution in [0.1, 0.15) is 37.2 Å². The number of carbonyl (C=O) groups is 2. The Morgan fingerprint density at radius 3 is 2.96 bits per heavy atom. The Balaban J connectivity index is 1.67. The van der Waals surface area contributed by atoms with Crippen molar-refractivity contribution < 1.29 is 9.59 Å². The predicted octanol–water partition coefficient (Wildman–Crippen LogP) is 1.96. The van der Waals surface area contributed by atoms with E-state index in [1.807, 2.05) is 24.3 Å². The molecule has 23 heavy (non-hydrogen) atoms. The van der Waals surface area contributed by atoms with E-state index in [2.05, 4.69) is 15.3 Å². The summed E-state index contributed by atoms with van der Waals surface area (Å²) < 4.78 is 0. The second-order valence-corrected chi connectivity index (χ2v) is 5.67. The summed E-state index contributed by atoms with van der Waals surface area (Å²) in [7, 11) is 0. The quantitative estimate of drug-likeness (QED) is 0.906. The summed E-state index contributed by atoms with van der Waals surface area (Å²) in [4.78, 5) is 32.8. The van der Waals surface area contributed by atoms with E-state index in [-0.39, 0.29) is 17.9 Å². The topological polar surface area (TPSA) is 78.1 Å². The minimum absolute atomic E-state index is 0.00234. The molecule has 1 unspecified atom stereocenters. The second-order valence-electron chi connectivity index (χ2n) is 5.67. The Kier molecular flexibility index (Phi) is 4.41. The molecule has 120 valence electrons. The van der Waals surface area contributed by atoms with Gasteiger partial charge in [0.2, 0.25) is 11.8 Å². The van der Waals surface area contributed by atoms with Crippen molar-refractivity contribution in [1.82, 2.24) is 15.3 Å². The van der Waals surface area contributed by atoms with E-state index >= 15 is 0 Å². The summed E-state index contributed by atoms with van der Waals surface area (Å²) >= 11 is 0. The summed E-state index contributed by atoms with van der Waals surface area (Å²) in [5.74, 6) is 0.837. The van der Waals surface area contributed by atoms with Gasteiger partial charge < -0.3 is 15.2 Å². The number of imidazole rings is 1. The molecule has 1 aliphatic heterocycles. The number of para-hydroxylation sites is 1. The van der Waals surface area contributed by atoms with Gasteiger partial charge in [0, 0.05) is 44.4 Å². The van der Waals surface area contributed by atoms with Crippen LogP contribution in [0.25, 0.3) is 0 Å². The first-order valence-corrected chi connectivity index (χ1v) is 7.80. The molecule has 0 radical (unpaired) electrons. The Morgan fingerprint density at radius 1 is 1.39 bits per heavy atom. The molecule has 0 saturated carbocycles. The number of aromatic nitrogens is 2. The van der Waals surface area contributed by atoms with E-state index in [4.69, 9.17) is 0 Å². The molecular weight excluding hydrogens is 292 g/mol. The van der Waals surface area contributed by atoms with Crippen molar-refractivity contribution in [2.45, 2.75) is 32.2 Å². The SMILES string of the molecule is CC(=O)N1CCC(NC(=O)CCc2ncc[nH]2)c2ccccc21. The smallest absolute Gasteiger partial charge is 0.223 e. The fourth-order valence-electron chi connectivity index (χ4n) is 2.97.